The molecule has 0 bridgehead atoms. The lowest BCUT2D eigenvalue weighted by molar-refractivity contribution is 0.102. The van der Waals surface area contributed by atoms with E-state index in [1.54, 1.807) is 12.1 Å². The minimum atomic E-state index is -0.141. The first kappa shape index (κ1) is 22.1. The molecule has 34 heavy (non-hydrogen) atoms. The zero-order chi connectivity index (χ0) is 23.2. The summed E-state index contributed by atoms with van der Waals surface area (Å²) >= 11 is 0. The van der Waals surface area contributed by atoms with Crippen LogP contribution in [0.5, 0.6) is 0 Å². The number of piperidine rings is 2. The minimum Gasteiger partial charge on any atom is -0.341 e. The van der Waals surface area contributed by atoms with Gasteiger partial charge in [0, 0.05) is 43.1 Å². The van der Waals surface area contributed by atoms with Crippen molar-refractivity contribution in [2.24, 2.45) is 0 Å². The minimum absolute atomic E-state index is 0.141. The lowest BCUT2D eigenvalue weighted by atomic mass is 10.1. The largest absolute Gasteiger partial charge is 0.341 e. The molecule has 2 N–H and O–H groups in total. The Morgan fingerprint density at radius 2 is 1.21 bits per heavy atom. The van der Waals surface area contributed by atoms with Gasteiger partial charge in [-0.3, -0.25) is 4.79 Å². The smallest absolute Gasteiger partial charge is 0.255 e. The number of anilines is 5. The third-order valence-corrected chi connectivity index (χ3v) is 6.32. The molecule has 2 fully saturated rings. The summed E-state index contributed by atoms with van der Waals surface area (Å²) in [5.74, 6) is 1.89. The number of hydrogen-bond acceptors (Lipinski definition) is 7. The summed E-state index contributed by atoms with van der Waals surface area (Å²) in [6, 6.07) is 16.8. The highest BCUT2D eigenvalue weighted by molar-refractivity contribution is 6.04. The molecule has 0 aliphatic carbocycles. The number of amides is 1. The molecule has 0 saturated carbocycles. The molecule has 8 nitrogen and oxygen atoms in total. The van der Waals surface area contributed by atoms with E-state index >= 15 is 0 Å². The van der Waals surface area contributed by atoms with Crippen LogP contribution >= 0.6 is 0 Å². The van der Waals surface area contributed by atoms with Crippen LogP contribution in [-0.2, 0) is 0 Å². The predicted octanol–water partition coefficient (Wildman–Crippen LogP) is 4.85. The highest BCUT2D eigenvalue weighted by Gasteiger charge is 2.20. The van der Waals surface area contributed by atoms with Crippen molar-refractivity contribution in [1.82, 2.24) is 15.0 Å². The number of rotatable bonds is 6. The Morgan fingerprint density at radius 1 is 0.647 bits per heavy atom. The van der Waals surface area contributed by atoms with Crippen molar-refractivity contribution in [1.29, 1.82) is 0 Å². The molecular weight excluding hydrogens is 426 g/mol. The van der Waals surface area contributed by atoms with Gasteiger partial charge in [-0.25, -0.2) is 0 Å². The maximum Gasteiger partial charge on any atom is 0.255 e. The maximum atomic E-state index is 12.5. The van der Waals surface area contributed by atoms with Crippen molar-refractivity contribution < 1.29 is 4.79 Å². The normalized spacial score (nSPS) is 16.2. The lowest BCUT2D eigenvalue weighted by Gasteiger charge is -2.30. The van der Waals surface area contributed by atoms with Gasteiger partial charge in [-0.05, 0) is 74.9 Å². The Balaban J connectivity index is 1.33. The van der Waals surface area contributed by atoms with Crippen LogP contribution in [-0.4, -0.2) is 47.0 Å². The number of hydrogen-bond donors (Lipinski definition) is 2. The Kier molecular flexibility index (Phi) is 6.84. The van der Waals surface area contributed by atoms with Crippen molar-refractivity contribution in [3.05, 3.63) is 60.2 Å². The fourth-order valence-electron chi connectivity index (χ4n) is 4.44. The molecule has 2 aromatic carbocycles. The molecule has 0 radical (unpaired) electrons. The van der Waals surface area contributed by atoms with E-state index in [0.717, 1.165) is 49.5 Å². The van der Waals surface area contributed by atoms with Crippen molar-refractivity contribution in [3.8, 4) is 0 Å². The second-order valence-electron chi connectivity index (χ2n) is 8.88. The zero-order valence-electron chi connectivity index (χ0n) is 19.4. The standard InChI is InChI=1S/C26H31N7O/c34-23(27-21-10-4-1-5-11-21)20-12-14-22(15-13-20)28-24-29-25(32-16-6-2-7-17-32)31-26(30-24)33-18-8-3-9-19-33/h1,4-5,10-15H,2-3,6-9,16-19H2,(H,27,34)(H,28,29,30,31). The molecule has 8 heteroatoms. The number of carbonyl (C=O) groups is 1. The second kappa shape index (κ2) is 10.5. The first-order valence-corrected chi connectivity index (χ1v) is 12.2. The Bertz CT molecular complexity index is 1060. The Morgan fingerprint density at radius 3 is 1.76 bits per heavy atom. The molecule has 5 rings (SSSR count). The lowest BCUT2D eigenvalue weighted by Crippen LogP contribution is -2.34. The number of nitrogens with one attached hydrogen (secondary N) is 2. The van der Waals surface area contributed by atoms with Crippen LogP contribution < -0.4 is 20.4 Å². The van der Waals surface area contributed by atoms with Crippen molar-refractivity contribution in [2.75, 3.05) is 46.6 Å². The molecule has 0 atom stereocenters. The summed E-state index contributed by atoms with van der Waals surface area (Å²) in [7, 11) is 0. The van der Waals surface area contributed by atoms with Gasteiger partial charge in [0.1, 0.15) is 0 Å². The van der Waals surface area contributed by atoms with Gasteiger partial charge < -0.3 is 20.4 Å². The van der Waals surface area contributed by atoms with Crippen LogP contribution in [0, 0.1) is 0 Å². The topological polar surface area (TPSA) is 86.3 Å². The molecule has 1 amide bonds. The number of para-hydroxylation sites is 1. The fraction of sp³-hybridized carbons (Fsp3) is 0.385. The first-order valence-electron chi connectivity index (χ1n) is 12.2. The summed E-state index contributed by atoms with van der Waals surface area (Å²) in [4.78, 5) is 31.4. The summed E-state index contributed by atoms with van der Waals surface area (Å²) in [6.45, 7) is 3.92. The van der Waals surface area contributed by atoms with Gasteiger partial charge in [-0.15, -0.1) is 0 Å². The van der Waals surface area contributed by atoms with Crippen LogP contribution in [0.1, 0.15) is 48.9 Å². The van der Waals surface area contributed by atoms with E-state index < -0.39 is 0 Å². The van der Waals surface area contributed by atoms with Crippen LogP contribution in [0.2, 0.25) is 0 Å². The van der Waals surface area contributed by atoms with E-state index in [0.29, 0.717) is 11.5 Å². The number of nitrogens with zero attached hydrogens (tertiary/aromatic N) is 5. The van der Waals surface area contributed by atoms with Crippen molar-refractivity contribution in [2.45, 2.75) is 38.5 Å². The summed E-state index contributed by atoms with van der Waals surface area (Å²) in [5.41, 5.74) is 2.19. The van der Waals surface area contributed by atoms with E-state index in [4.69, 9.17) is 15.0 Å². The van der Waals surface area contributed by atoms with Gasteiger partial charge in [-0.2, -0.15) is 15.0 Å². The van der Waals surface area contributed by atoms with Crippen LogP contribution in [0.15, 0.2) is 54.6 Å². The van der Waals surface area contributed by atoms with Gasteiger partial charge >= 0.3 is 0 Å². The molecule has 176 valence electrons. The van der Waals surface area contributed by atoms with Gasteiger partial charge in [-0.1, -0.05) is 18.2 Å². The number of aromatic nitrogens is 3. The Labute approximate surface area is 200 Å². The van der Waals surface area contributed by atoms with Crippen molar-refractivity contribution >= 4 is 35.1 Å². The average molecular weight is 458 g/mol. The van der Waals surface area contributed by atoms with Crippen molar-refractivity contribution in [3.63, 3.8) is 0 Å². The molecule has 1 aromatic heterocycles. The fourth-order valence-corrected chi connectivity index (χ4v) is 4.44. The molecule has 3 heterocycles. The molecule has 0 unspecified atom stereocenters. The van der Waals surface area contributed by atoms with Gasteiger partial charge in [0.2, 0.25) is 17.8 Å². The van der Waals surface area contributed by atoms with E-state index in [-0.39, 0.29) is 5.91 Å². The van der Waals surface area contributed by atoms with E-state index in [1.165, 1.54) is 38.5 Å². The summed E-state index contributed by atoms with van der Waals surface area (Å²) in [5, 5.41) is 6.24. The zero-order valence-corrected chi connectivity index (χ0v) is 19.4. The van der Waals surface area contributed by atoms with Crippen LogP contribution in [0.4, 0.5) is 29.2 Å². The van der Waals surface area contributed by atoms with Gasteiger partial charge in [0.25, 0.3) is 5.91 Å². The van der Waals surface area contributed by atoms with E-state index in [9.17, 15) is 4.79 Å². The number of carbonyl (C=O) groups excluding carboxylic acids is 1. The molecule has 2 aliphatic heterocycles. The molecule has 2 saturated heterocycles. The van der Waals surface area contributed by atoms with Crippen LogP contribution in [0.25, 0.3) is 0 Å². The van der Waals surface area contributed by atoms with Crippen LogP contribution in [0.3, 0.4) is 0 Å². The maximum absolute atomic E-state index is 12.5. The summed E-state index contributed by atoms with van der Waals surface area (Å²) in [6.07, 6.45) is 7.19. The highest BCUT2D eigenvalue weighted by atomic mass is 16.1. The SMILES string of the molecule is O=C(Nc1ccccc1)c1ccc(Nc2nc(N3CCCCC3)nc(N3CCCCC3)n2)cc1. The second-order valence-corrected chi connectivity index (χ2v) is 8.88. The molecule has 2 aliphatic rings. The van der Waals surface area contributed by atoms with E-state index in [1.807, 2.05) is 42.5 Å². The Hall–Kier alpha value is -3.68. The van der Waals surface area contributed by atoms with E-state index in [2.05, 4.69) is 20.4 Å². The van der Waals surface area contributed by atoms with Gasteiger partial charge in [0.05, 0.1) is 0 Å². The third-order valence-electron chi connectivity index (χ3n) is 6.32. The average Bonchev–Trinajstić information content (AvgIpc) is 2.90. The molecular formula is C26H31N7O. The quantitative estimate of drug-likeness (QED) is 0.547. The molecule has 3 aromatic rings. The third kappa shape index (κ3) is 5.44. The summed E-state index contributed by atoms with van der Waals surface area (Å²) < 4.78 is 0. The number of benzene rings is 2. The first-order chi connectivity index (χ1) is 16.7. The van der Waals surface area contributed by atoms with Gasteiger partial charge in [0.15, 0.2) is 0 Å². The molecule has 0 spiro atoms. The predicted molar refractivity (Wildman–Crippen MR) is 136 cm³/mol. The monoisotopic (exact) mass is 457 g/mol. The highest BCUT2D eigenvalue weighted by Crippen LogP contribution is 2.24.